The summed E-state index contributed by atoms with van der Waals surface area (Å²) in [7, 11) is 0. The van der Waals surface area contributed by atoms with Gasteiger partial charge in [0.1, 0.15) is 0 Å². The summed E-state index contributed by atoms with van der Waals surface area (Å²) in [5.74, 6) is 0. The quantitative estimate of drug-likeness (QED) is 0.513. The zero-order valence-corrected chi connectivity index (χ0v) is 11.7. The molecule has 2 aromatic rings. The van der Waals surface area contributed by atoms with Gasteiger partial charge in [-0.15, -0.1) is 0 Å². The number of halogens is 2. The molecule has 0 aliphatic rings. The van der Waals surface area contributed by atoms with E-state index in [1.165, 1.54) is 6.21 Å². The van der Waals surface area contributed by atoms with Gasteiger partial charge in [0.25, 0.3) is 0 Å². The second-order valence-electron chi connectivity index (χ2n) is 3.77. The summed E-state index contributed by atoms with van der Waals surface area (Å²) in [5, 5.41) is 7.18. The third kappa shape index (κ3) is 4.26. The lowest BCUT2D eigenvalue weighted by Crippen LogP contribution is -2.10. The number of anilines is 1. The van der Waals surface area contributed by atoms with Crippen molar-refractivity contribution in [3.8, 4) is 0 Å². The molecular formula is C14H10Cl2N2O2. The molecule has 0 spiro atoms. The van der Waals surface area contributed by atoms with Gasteiger partial charge in [0, 0.05) is 21.3 Å². The van der Waals surface area contributed by atoms with Gasteiger partial charge >= 0.3 is 6.09 Å². The fraction of sp³-hybridized carbons (Fsp3) is 0. The van der Waals surface area contributed by atoms with Crippen molar-refractivity contribution in [2.75, 3.05) is 5.32 Å². The minimum atomic E-state index is -0.698. The molecule has 0 unspecified atom stereocenters. The lowest BCUT2D eigenvalue weighted by atomic mass is 10.2. The molecule has 0 aromatic heterocycles. The van der Waals surface area contributed by atoms with Crippen LogP contribution in [0.2, 0.25) is 10.0 Å². The molecule has 4 nitrogen and oxygen atoms in total. The molecular weight excluding hydrogens is 299 g/mol. The number of nitrogens with one attached hydrogen (secondary N) is 1. The predicted octanol–water partition coefficient (Wildman–Crippen LogP) is 4.58. The van der Waals surface area contributed by atoms with Gasteiger partial charge < -0.3 is 0 Å². The summed E-state index contributed by atoms with van der Waals surface area (Å²) >= 11 is 11.7. The van der Waals surface area contributed by atoms with E-state index in [9.17, 15) is 4.79 Å². The smallest absolute Gasteiger partial charge is 0.298 e. The summed E-state index contributed by atoms with van der Waals surface area (Å²) in [4.78, 5) is 16.1. The summed E-state index contributed by atoms with van der Waals surface area (Å²) in [6.45, 7) is 0. The molecule has 2 rings (SSSR count). The Morgan fingerprint density at radius 2 is 1.80 bits per heavy atom. The topological polar surface area (TPSA) is 50.7 Å². The molecule has 1 amide bonds. The zero-order valence-electron chi connectivity index (χ0n) is 10.2. The fourth-order valence-corrected chi connectivity index (χ4v) is 1.70. The number of amides is 1. The molecule has 0 bridgehead atoms. The highest BCUT2D eigenvalue weighted by atomic mass is 35.5. The van der Waals surface area contributed by atoms with Crippen LogP contribution in [0.3, 0.4) is 0 Å². The number of rotatable bonds is 3. The summed E-state index contributed by atoms with van der Waals surface area (Å²) in [6, 6.07) is 13.7. The molecule has 0 fully saturated rings. The molecule has 1 N–H and O–H groups in total. The van der Waals surface area contributed by atoms with E-state index in [1.807, 2.05) is 0 Å². The SMILES string of the molecule is O=C(Nc1ccc(Cl)cc1)O/N=C/c1ccccc1Cl. The van der Waals surface area contributed by atoms with Crippen LogP contribution >= 0.6 is 23.2 Å². The predicted molar refractivity (Wildman–Crippen MR) is 80.6 cm³/mol. The van der Waals surface area contributed by atoms with Crippen LogP contribution < -0.4 is 5.32 Å². The van der Waals surface area contributed by atoms with Crippen LogP contribution in [0, 0.1) is 0 Å². The number of carbonyl (C=O) groups excluding carboxylic acids is 1. The van der Waals surface area contributed by atoms with Gasteiger partial charge in [-0.3, -0.25) is 10.2 Å². The van der Waals surface area contributed by atoms with Crippen LogP contribution in [0.1, 0.15) is 5.56 Å². The fourth-order valence-electron chi connectivity index (χ4n) is 1.38. The Hall–Kier alpha value is -2.04. The maximum absolute atomic E-state index is 11.5. The molecule has 20 heavy (non-hydrogen) atoms. The van der Waals surface area contributed by atoms with Crippen molar-refractivity contribution in [1.82, 2.24) is 0 Å². The zero-order chi connectivity index (χ0) is 14.4. The van der Waals surface area contributed by atoms with Crippen molar-refractivity contribution < 1.29 is 9.63 Å². The van der Waals surface area contributed by atoms with Crippen LogP contribution in [0.15, 0.2) is 53.7 Å². The van der Waals surface area contributed by atoms with E-state index in [0.717, 1.165) is 0 Å². The Morgan fingerprint density at radius 3 is 2.50 bits per heavy atom. The first kappa shape index (κ1) is 14.4. The van der Waals surface area contributed by atoms with Gasteiger partial charge in [0.15, 0.2) is 0 Å². The summed E-state index contributed by atoms with van der Waals surface area (Å²) in [6.07, 6.45) is 0.666. The Balaban J connectivity index is 1.89. The van der Waals surface area contributed by atoms with Crippen LogP contribution in [-0.4, -0.2) is 12.3 Å². The molecule has 6 heteroatoms. The first-order valence-electron chi connectivity index (χ1n) is 5.66. The highest BCUT2D eigenvalue weighted by Gasteiger charge is 2.02. The maximum atomic E-state index is 11.5. The molecule has 0 saturated carbocycles. The molecule has 0 saturated heterocycles. The number of nitrogens with zero attached hydrogens (tertiary/aromatic N) is 1. The average Bonchev–Trinajstić information content (AvgIpc) is 2.43. The van der Waals surface area contributed by atoms with Gasteiger partial charge in [-0.25, -0.2) is 4.79 Å². The molecule has 2 aromatic carbocycles. The van der Waals surface area contributed by atoms with Gasteiger partial charge in [-0.05, 0) is 30.3 Å². The minimum Gasteiger partial charge on any atom is -0.298 e. The number of hydrogen-bond donors (Lipinski definition) is 1. The standard InChI is InChI=1S/C14H10Cl2N2O2/c15-11-5-7-12(8-6-11)18-14(19)20-17-9-10-3-1-2-4-13(10)16/h1-9H,(H,18,19)/b17-9+. The Morgan fingerprint density at radius 1 is 1.10 bits per heavy atom. The molecule has 0 aliphatic heterocycles. The Bertz CT molecular complexity index is 627. The van der Waals surface area contributed by atoms with E-state index in [-0.39, 0.29) is 0 Å². The van der Waals surface area contributed by atoms with Crippen LogP contribution in [0.25, 0.3) is 0 Å². The van der Waals surface area contributed by atoms with E-state index in [0.29, 0.717) is 21.3 Å². The van der Waals surface area contributed by atoms with E-state index in [1.54, 1.807) is 48.5 Å². The van der Waals surface area contributed by atoms with E-state index >= 15 is 0 Å². The molecule has 0 atom stereocenters. The van der Waals surface area contributed by atoms with Gasteiger partial charge in [0.2, 0.25) is 0 Å². The Labute approximate surface area is 125 Å². The maximum Gasteiger partial charge on any atom is 0.437 e. The van der Waals surface area contributed by atoms with Crippen molar-refractivity contribution in [2.45, 2.75) is 0 Å². The Kier molecular flexibility index (Phi) is 4.98. The van der Waals surface area contributed by atoms with Crippen LogP contribution in [0.4, 0.5) is 10.5 Å². The highest BCUT2D eigenvalue weighted by molar-refractivity contribution is 6.33. The van der Waals surface area contributed by atoms with Crippen molar-refractivity contribution in [2.24, 2.45) is 5.16 Å². The molecule has 0 heterocycles. The van der Waals surface area contributed by atoms with Crippen LogP contribution in [0.5, 0.6) is 0 Å². The first-order chi connectivity index (χ1) is 9.65. The summed E-state index contributed by atoms with van der Waals surface area (Å²) < 4.78 is 0. The lowest BCUT2D eigenvalue weighted by molar-refractivity contribution is 0.167. The third-order valence-corrected chi connectivity index (χ3v) is 2.92. The van der Waals surface area contributed by atoms with E-state index in [2.05, 4.69) is 15.3 Å². The van der Waals surface area contributed by atoms with Crippen LogP contribution in [-0.2, 0) is 4.84 Å². The number of benzene rings is 2. The van der Waals surface area contributed by atoms with E-state index < -0.39 is 6.09 Å². The van der Waals surface area contributed by atoms with Gasteiger partial charge in [-0.2, -0.15) is 0 Å². The van der Waals surface area contributed by atoms with Crippen molar-refractivity contribution >= 4 is 41.2 Å². The summed E-state index contributed by atoms with van der Waals surface area (Å²) in [5.41, 5.74) is 1.22. The lowest BCUT2D eigenvalue weighted by Gasteiger charge is -2.02. The average molecular weight is 309 g/mol. The number of carbonyl (C=O) groups is 1. The second kappa shape index (κ2) is 6.93. The largest absolute Gasteiger partial charge is 0.437 e. The normalized spacial score (nSPS) is 10.5. The van der Waals surface area contributed by atoms with E-state index in [4.69, 9.17) is 23.2 Å². The second-order valence-corrected chi connectivity index (χ2v) is 4.61. The monoisotopic (exact) mass is 308 g/mol. The van der Waals surface area contributed by atoms with Gasteiger partial charge in [-0.1, -0.05) is 46.6 Å². The first-order valence-corrected chi connectivity index (χ1v) is 6.42. The van der Waals surface area contributed by atoms with Crippen molar-refractivity contribution in [3.63, 3.8) is 0 Å². The highest BCUT2D eigenvalue weighted by Crippen LogP contribution is 2.14. The van der Waals surface area contributed by atoms with Gasteiger partial charge in [0.05, 0.1) is 6.21 Å². The third-order valence-electron chi connectivity index (χ3n) is 2.32. The molecule has 102 valence electrons. The van der Waals surface area contributed by atoms with Crippen molar-refractivity contribution in [3.05, 3.63) is 64.1 Å². The molecule has 0 radical (unpaired) electrons. The number of hydrogen-bond acceptors (Lipinski definition) is 3. The van der Waals surface area contributed by atoms with Crippen molar-refractivity contribution in [1.29, 1.82) is 0 Å². The number of oxime groups is 1. The molecule has 0 aliphatic carbocycles. The minimum absolute atomic E-state index is 0.526.